The molecule has 0 spiro atoms. The molecule has 1 aliphatic heterocycles. The topological polar surface area (TPSA) is 53.5 Å². The third kappa shape index (κ3) is 3.49. The predicted molar refractivity (Wildman–Crippen MR) is 100.0 cm³/mol. The van der Waals surface area contributed by atoms with Gasteiger partial charge in [-0.2, -0.15) is 0 Å². The molecule has 25 heavy (non-hydrogen) atoms. The lowest BCUT2D eigenvalue weighted by Gasteiger charge is -2.30. The summed E-state index contributed by atoms with van der Waals surface area (Å²) in [5.74, 6) is -0.174. The number of fused-ring (bicyclic) bond motifs is 1. The third-order valence-electron chi connectivity index (χ3n) is 4.33. The summed E-state index contributed by atoms with van der Waals surface area (Å²) in [6.45, 7) is 6.65. The average molecular weight is 355 g/mol. The first-order valence-electron chi connectivity index (χ1n) is 8.23. The lowest BCUT2D eigenvalue weighted by atomic mass is 9.95. The van der Waals surface area contributed by atoms with E-state index in [2.05, 4.69) is 11.6 Å². The molecule has 2 amide bonds. The van der Waals surface area contributed by atoms with Gasteiger partial charge in [-0.25, -0.2) is 4.98 Å². The van der Waals surface area contributed by atoms with Gasteiger partial charge >= 0.3 is 0 Å². The van der Waals surface area contributed by atoms with Crippen LogP contribution in [-0.4, -0.2) is 35.3 Å². The third-order valence-corrected chi connectivity index (χ3v) is 5.16. The van der Waals surface area contributed by atoms with Gasteiger partial charge in [-0.3, -0.25) is 9.59 Å². The first-order chi connectivity index (χ1) is 12.0. The Hall–Kier alpha value is -2.47. The molecule has 0 atom stereocenters. The van der Waals surface area contributed by atoms with Crippen LogP contribution in [0.3, 0.4) is 0 Å². The smallest absolute Gasteiger partial charge is 0.254 e. The van der Waals surface area contributed by atoms with Gasteiger partial charge in [0.25, 0.3) is 5.91 Å². The summed E-state index contributed by atoms with van der Waals surface area (Å²) in [4.78, 5) is 32.8. The van der Waals surface area contributed by atoms with Crippen LogP contribution in [0, 0.1) is 6.92 Å². The van der Waals surface area contributed by atoms with Crippen LogP contribution in [0.5, 0.6) is 0 Å². The lowest BCUT2D eigenvalue weighted by molar-refractivity contribution is -0.114. The molecule has 1 aliphatic rings. The Kier molecular flexibility index (Phi) is 4.99. The van der Waals surface area contributed by atoms with E-state index in [0.717, 1.165) is 34.8 Å². The molecule has 130 valence electrons. The van der Waals surface area contributed by atoms with Crippen LogP contribution in [0.15, 0.2) is 36.2 Å². The molecule has 2 heterocycles. The number of hydrogen-bond donors (Lipinski definition) is 0. The Morgan fingerprint density at radius 2 is 2.24 bits per heavy atom. The zero-order valence-electron chi connectivity index (χ0n) is 14.5. The van der Waals surface area contributed by atoms with Crippen LogP contribution >= 0.6 is 11.3 Å². The minimum absolute atomic E-state index is 0.0459. The molecule has 6 heteroatoms. The Labute approximate surface area is 151 Å². The van der Waals surface area contributed by atoms with Crippen LogP contribution in [0.4, 0.5) is 5.69 Å². The number of thiazole rings is 1. The Morgan fingerprint density at radius 1 is 1.44 bits per heavy atom. The summed E-state index contributed by atoms with van der Waals surface area (Å²) in [5.41, 5.74) is 3.32. The lowest BCUT2D eigenvalue weighted by Crippen LogP contribution is -2.35. The van der Waals surface area contributed by atoms with Crippen LogP contribution in [0.1, 0.15) is 33.0 Å². The monoisotopic (exact) mass is 355 g/mol. The van der Waals surface area contributed by atoms with Crippen LogP contribution in [-0.2, 0) is 17.8 Å². The van der Waals surface area contributed by atoms with E-state index in [9.17, 15) is 9.59 Å². The Balaban J connectivity index is 1.88. The van der Waals surface area contributed by atoms with Crippen molar-refractivity contribution in [1.29, 1.82) is 0 Å². The second-order valence-corrected chi connectivity index (χ2v) is 7.18. The molecule has 0 aliphatic carbocycles. The normalized spacial score (nSPS) is 13.3. The first-order valence-corrected chi connectivity index (χ1v) is 9.11. The molecule has 0 radical (unpaired) electrons. The highest BCUT2D eigenvalue weighted by Gasteiger charge is 2.26. The van der Waals surface area contributed by atoms with Gasteiger partial charge in [0, 0.05) is 30.2 Å². The molecule has 3 rings (SSSR count). The zero-order valence-corrected chi connectivity index (χ0v) is 15.3. The van der Waals surface area contributed by atoms with Gasteiger partial charge in [-0.1, -0.05) is 12.6 Å². The van der Waals surface area contributed by atoms with Gasteiger partial charge in [0.05, 0.1) is 17.2 Å². The molecule has 0 bridgehead atoms. The highest BCUT2D eigenvalue weighted by Crippen LogP contribution is 2.31. The maximum Gasteiger partial charge on any atom is 0.254 e. The highest BCUT2D eigenvalue weighted by molar-refractivity contribution is 7.09. The number of rotatable bonds is 4. The quantitative estimate of drug-likeness (QED) is 0.792. The van der Waals surface area contributed by atoms with Gasteiger partial charge in [0.2, 0.25) is 5.91 Å². The number of aromatic nitrogens is 1. The largest absolute Gasteiger partial charge is 0.336 e. The van der Waals surface area contributed by atoms with Crippen LogP contribution < -0.4 is 4.90 Å². The van der Waals surface area contributed by atoms with Crippen molar-refractivity contribution < 1.29 is 9.59 Å². The summed E-state index contributed by atoms with van der Waals surface area (Å²) in [6.07, 6.45) is 2.95. The van der Waals surface area contributed by atoms with Crippen LogP contribution in [0.2, 0.25) is 0 Å². The number of carbonyl (C=O) groups excluding carboxylic acids is 2. The van der Waals surface area contributed by atoms with E-state index in [4.69, 9.17) is 0 Å². The van der Waals surface area contributed by atoms with Crippen molar-refractivity contribution in [3.05, 3.63) is 58.1 Å². The van der Waals surface area contributed by atoms with E-state index in [1.807, 2.05) is 30.5 Å². The number of carbonyl (C=O) groups is 2. The molecule has 1 aromatic carbocycles. The molecule has 0 unspecified atom stereocenters. The van der Waals surface area contributed by atoms with Gasteiger partial charge in [-0.05, 0) is 43.5 Å². The number of hydrogen-bond acceptors (Lipinski definition) is 4. The second-order valence-electron chi connectivity index (χ2n) is 6.12. The van der Waals surface area contributed by atoms with Crippen molar-refractivity contribution in [2.24, 2.45) is 0 Å². The van der Waals surface area contributed by atoms with E-state index in [-0.39, 0.29) is 11.8 Å². The number of benzene rings is 1. The van der Waals surface area contributed by atoms with Crippen molar-refractivity contribution in [3.8, 4) is 0 Å². The molecule has 0 fully saturated rings. The van der Waals surface area contributed by atoms with E-state index in [0.29, 0.717) is 18.7 Å². The molecule has 0 saturated carbocycles. The van der Waals surface area contributed by atoms with Crippen molar-refractivity contribution in [1.82, 2.24) is 9.88 Å². The van der Waals surface area contributed by atoms with Gasteiger partial charge in [0.1, 0.15) is 0 Å². The maximum atomic E-state index is 13.0. The molecule has 2 aromatic rings. The SMILES string of the molecule is C=CC(=O)N1CCCc2c(C(=O)N(C)Cc3csc(C)n3)cccc21. The van der Waals surface area contributed by atoms with Crippen molar-refractivity contribution >= 4 is 28.8 Å². The fraction of sp³-hybridized carbons (Fsp3) is 0.316. The summed E-state index contributed by atoms with van der Waals surface area (Å²) in [5, 5.41) is 2.97. The molecular weight excluding hydrogens is 334 g/mol. The maximum absolute atomic E-state index is 13.0. The van der Waals surface area contributed by atoms with Gasteiger partial charge < -0.3 is 9.80 Å². The number of aryl methyl sites for hydroxylation is 1. The summed E-state index contributed by atoms with van der Waals surface area (Å²) < 4.78 is 0. The standard InChI is InChI=1S/C19H21N3O2S/c1-4-18(23)22-10-6-8-15-16(7-5-9-17(15)22)19(24)21(3)11-14-12-25-13(2)20-14/h4-5,7,9,12H,1,6,8,10-11H2,2-3H3. The Bertz CT molecular complexity index is 828. The summed E-state index contributed by atoms with van der Waals surface area (Å²) >= 11 is 1.58. The minimum atomic E-state index is -0.128. The molecule has 0 N–H and O–H groups in total. The zero-order chi connectivity index (χ0) is 18.0. The van der Waals surface area contributed by atoms with Crippen molar-refractivity contribution in [2.45, 2.75) is 26.3 Å². The van der Waals surface area contributed by atoms with Crippen molar-refractivity contribution in [3.63, 3.8) is 0 Å². The molecule has 0 saturated heterocycles. The van der Waals surface area contributed by atoms with Crippen LogP contribution in [0.25, 0.3) is 0 Å². The number of amides is 2. The Morgan fingerprint density at radius 3 is 2.92 bits per heavy atom. The number of nitrogens with zero attached hydrogens (tertiary/aromatic N) is 3. The second kappa shape index (κ2) is 7.19. The highest BCUT2D eigenvalue weighted by atomic mass is 32.1. The van der Waals surface area contributed by atoms with Gasteiger partial charge in [-0.15, -0.1) is 11.3 Å². The fourth-order valence-corrected chi connectivity index (χ4v) is 3.77. The summed E-state index contributed by atoms with van der Waals surface area (Å²) in [6, 6.07) is 5.57. The van der Waals surface area contributed by atoms with E-state index in [1.54, 1.807) is 28.2 Å². The fourth-order valence-electron chi connectivity index (χ4n) is 3.17. The van der Waals surface area contributed by atoms with E-state index >= 15 is 0 Å². The predicted octanol–water partition coefficient (Wildman–Crippen LogP) is 3.19. The number of anilines is 1. The minimum Gasteiger partial charge on any atom is -0.336 e. The van der Waals surface area contributed by atoms with E-state index < -0.39 is 0 Å². The molecular formula is C19H21N3O2S. The van der Waals surface area contributed by atoms with Gasteiger partial charge in [0.15, 0.2) is 0 Å². The first kappa shape index (κ1) is 17.4. The average Bonchev–Trinajstić information content (AvgIpc) is 3.04. The molecule has 5 nitrogen and oxygen atoms in total. The molecule has 1 aromatic heterocycles. The van der Waals surface area contributed by atoms with Crippen molar-refractivity contribution in [2.75, 3.05) is 18.5 Å². The summed E-state index contributed by atoms with van der Waals surface area (Å²) in [7, 11) is 1.78. The van der Waals surface area contributed by atoms with E-state index in [1.165, 1.54) is 6.08 Å².